The topological polar surface area (TPSA) is 78.1 Å². The van der Waals surface area contributed by atoms with Crippen LogP contribution in [0.4, 0.5) is 11.4 Å². The molecule has 6 nitrogen and oxygen atoms in total. The molecular formula is C19H16Cl2N4O2S. The number of nitrogens with one attached hydrogen (secondary N) is 2. The van der Waals surface area contributed by atoms with Crippen LogP contribution < -0.4 is 10.2 Å². The molecule has 0 fully saturated rings. The second-order valence-corrected chi connectivity index (χ2v) is 8.30. The summed E-state index contributed by atoms with van der Waals surface area (Å²) < 4.78 is 0. The van der Waals surface area contributed by atoms with Gasteiger partial charge < -0.3 is 15.2 Å². The molecule has 2 heterocycles. The Morgan fingerprint density at radius 2 is 2.11 bits per heavy atom. The third-order valence-corrected chi connectivity index (χ3v) is 5.81. The van der Waals surface area contributed by atoms with Crippen LogP contribution in [0.15, 0.2) is 41.6 Å². The zero-order valence-electron chi connectivity index (χ0n) is 14.8. The molecule has 144 valence electrons. The maximum absolute atomic E-state index is 13.0. The molecule has 2 amide bonds. The smallest absolute Gasteiger partial charge is 0.237 e. The van der Waals surface area contributed by atoms with Crippen LogP contribution in [0.25, 0.3) is 11.0 Å². The van der Waals surface area contributed by atoms with Crippen molar-refractivity contribution in [1.82, 2.24) is 9.97 Å². The highest BCUT2D eigenvalue weighted by atomic mass is 35.5. The molecule has 2 aromatic carbocycles. The number of carbonyl (C=O) groups is 2. The molecule has 1 unspecified atom stereocenters. The largest absolute Gasteiger partial charge is 0.333 e. The van der Waals surface area contributed by atoms with Crippen molar-refractivity contribution >= 4 is 69.2 Å². The van der Waals surface area contributed by atoms with E-state index in [0.29, 0.717) is 32.1 Å². The number of aromatic amines is 1. The standard InChI is InChI=1S/C19H16Cl2N4O2S/c1-10-6-16(26)22-13-4-2-3-5-15(13)25(10)17(27)9-28-19-23-14-8-11(20)7-12(21)18(14)24-19/h2-5,7-8,10H,6,9H2,1H3,(H,22,26)(H,23,24). The van der Waals surface area contributed by atoms with Gasteiger partial charge in [0, 0.05) is 17.5 Å². The van der Waals surface area contributed by atoms with E-state index in [0.717, 1.165) is 5.52 Å². The van der Waals surface area contributed by atoms with Gasteiger partial charge in [0.15, 0.2) is 5.16 Å². The van der Waals surface area contributed by atoms with E-state index in [1.54, 1.807) is 23.1 Å². The van der Waals surface area contributed by atoms with Crippen LogP contribution in [0.1, 0.15) is 13.3 Å². The Morgan fingerprint density at radius 3 is 2.93 bits per heavy atom. The number of thioether (sulfide) groups is 1. The van der Waals surface area contributed by atoms with E-state index in [-0.39, 0.29) is 30.0 Å². The maximum atomic E-state index is 13.0. The summed E-state index contributed by atoms with van der Waals surface area (Å²) in [4.78, 5) is 34.3. The van der Waals surface area contributed by atoms with Gasteiger partial charge in [-0.15, -0.1) is 0 Å². The first-order chi connectivity index (χ1) is 13.4. The van der Waals surface area contributed by atoms with Gasteiger partial charge in [0.1, 0.15) is 5.52 Å². The van der Waals surface area contributed by atoms with E-state index in [1.165, 1.54) is 11.8 Å². The fourth-order valence-corrected chi connectivity index (χ4v) is 4.53. The average Bonchev–Trinajstić information content (AvgIpc) is 2.99. The van der Waals surface area contributed by atoms with E-state index in [2.05, 4.69) is 15.3 Å². The number of para-hydroxylation sites is 2. The van der Waals surface area contributed by atoms with Crippen molar-refractivity contribution in [2.24, 2.45) is 0 Å². The Morgan fingerprint density at radius 1 is 1.32 bits per heavy atom. The van der Waals surface area contributed by atoms with Gasteiger partial charge >= 0.3 is 0 Å². The van der Waals surface area contributed by atoms with Gasteiger partial charge in [-0.25, -0.2) is 4.98 Å². The maximum Gasteiger partial charge on any atom is 0.237 e. The average molecular weight is 435 g/mol. The minimum Gasteiger partial charge on any atom is -0.333 e. The summed E-state index contributed by atoms with van der Waals surface area (Å²) in [5.74, 6) is -0.0457. The molecule has 0 spiro atoms. The van der Waals surface area contributed by atoms with Gasteiger partial charge in [0.2, 0.25) is 11.8 Å². The molecule has 1 aliphatic heterocycles. The monoisotopic (exact) mass is 434 g/mol. The summed E-state index contributed by atoms with van der Waals surface area (Å²) in [6.07, 6.45) is 0.240. The lowest BCUT2D eigenvalue weighted by Gasteiger charge is -2.27. The molecule has 0 saturated heterocycles. The van der Waals surface area contributed by atoms with Gasteiger partial charge in [-0.05, 0) is 31.2 Å². The second kappa shape index (κ2) is 7.66. The van der Waals surface area contributed by atoms with E-state index < -0.39 is 0 Å². The van der Waals surface area contributed by atoms with Crippen LogP contribution in [0, 0.1) is 0 Å². The first-order valence-electron chi connectivity index (χ1n) is 8.61. The number of hydrogen-bond acceptors (Lipinski definition) is 4. The number of H-pyrrole nitrogens is 1. The fraction of sp³-hybridized carbons (Fsp3) is 0.211. The number of fused-ring (bicyclic) bond motifs is 2. The van der Waals surface area contributed by atoms with Crippen molar-refractivity contribution in [3.05, 3.63) is 46.4 Å². The third kappa shape index (κ3) is 3.70. The number of carbonyl (C=O) groups excluding carboxylic acids is 2. The summed E-state index contributed by atoms with van der Waals surface area (Å²) in [7, 11) is 0. The zero-order valence-corrected chi connectivity index (χ0v) is 17.2. The molecule has 1 aromatic heterocycles. The Hall–Kier alpha value is -2.22. The van der Waals surface area contributed by atoms with Crippen molar-refractivity contribution < 1.29 is 9.59 Å². The first-order valence-corrected chi connectivity index (χ1v) is 10.3. The van der Waals surface area contributed by atoms with Gasteiger partial charge in [-0.2, -0.15) is 0 Å². The third-order valence-electron chi connectivity index (χ3n) is 4.44. The SMILES string of the molecule is CC1CC(=O)Nc2ccccc2N1C(=O)CSc1nc2c(Cl)cc(Cl)cc2[nH]1. The summed E-state index contributed by atoms with van der Waals surface area (Å²) in [5.41, 5.74) is 2.67. The highest BCUT2D eigenvalue weighted by Crippen LogP contribution is 2.33. The molecule has 3 aromatic rings. The lowest BCUT2D eigenvalue weighted by molar-refractivity contribution is -0.117. The number of hydrogen-bond donors (Lipinski definition) is 2. The van der Waals surface area contributed by atoms with Gasteiger partial charge in [0.25, 0.3) is 0 Å². The molecular weight excluding hydrogens is 419 g/mol. The molecule has 1 atom stereocenters. The van der Waals surface area contributed by atoms with Crippen molar-refractivity contribution in [3.8, 4) is 0 Å². The van der Waals surface area contributed by atoms with E-state index in [4.69, 9.17) is 23.2 Å². The highest BCUT2D eigenvalue weighted by Gasteiger charge is 2.29. The number of anilines is 2. The number of aromatic nitrogens is 2. The number of halogens is 2. The molecule has 0 saturated carbocycles. The Labute approximate surface area is 175 Å². The lowest BCUT2D eigenvalue weighted by Crippen LogP contribution is -2.40. The number of imidazole rings is 1. The summed E-state index contributed by atoms with van der Waals surface area (Å²) in [6.45, 7) is 1.87. The molecule has 4 rings (SSSR count). The van der Waals surface area contributed by atoms with Gasteiger partial charge in [0.05, 0.1) is 27.7 Å². The van der Waals surface area contributed by atoms with E-state index in [9.17, 15) is 9.59 Å². The number of benzene rings is 2. The van der Waals surface area contributed by atoms with Crippen LogP contribution in [0.2, 0.25) is 10.0 Å². The van der Waals surface area contributed by atoms with Crippen LogP contribution >= 0.6 is 35.0 Å². The van der Waals surface area contributed by atoms with Crippen LogP contribution in [0.3, 0.4) is 0 Å². The van der Waals surface area contributed by atoms with Gasteiger partial charge in [-0.1, -0.05) is 47.1 Å². The fourth-order valence-electron chi connectivity index (χ4n) is 3.26. The van der Waals surface area contributed by atoms with Crippen molar-refractivity contribution in [1.29, 1.82) is 0 Å². The van der Waals surface area contributed by atoms with Crippen molar-refractivity contribution in [2.75, 3.05) is 16.0 Å². The van der Waals surface area contributed by atoms with Crippen molar-refractivity contribution in [3.63, 3.8) is 0 Å². The molecule has 28 heavy (non-hydrogen) atoms. The first kappa shape index (κ1) is 19.1. The normalized spacial score (nSPS) is 16.6. The van der Waals surface area contributed by atoms with Crippen molar-refractivity contribution in [2.45, 2.75) is 24.5 Å². The summed E-state index contributed by atoms with van der Waals surface area (Å²) >= 11 is 13.5. The molecule has 0 radical (unpaired) electrons. The quantitative estimate of drug-likeness (QED) is 0.584. The van der Waals surface area contributed by atoms with Crippen LogP contribution in [-0.2, 0) is 9.59 Å². The number of amides is 2. The minimum absolute atomic E-state index is 0.105. The Balaban J connectivity index is 1.56. The van der Waals surface area contributed by atoms with Gasteiger partial charge in [-0.3, -0.25) is 9.59 Å². The van der Waals surface area contributed by atoms with E-state index >= 15 is 0 Å². The molecule has 1 aliphatic rings. The highest BCUT2D eigenvalue weighted by molar-refractivity contribution is 7.99. The molecule has 9 heteroatoms. The number of nitrogens with zero attached hydrogens (tertiary/aromatic N) is 2. The Bertz CT molecular complexity index is 1080. The zero-order chi connectivity index (χ0) is 19.8. The summed E-state index contributed by atoms with van der Waals surface area (Å²) in [5, 5.41) is 4.41. The van der Waals surface area contributed by atoms with Crippen LogP contribution in [0.5, 0.6) is 0 Å². The predicted octanol–water partition coefficient (Wildman–Crippen LogP) is 4.73. The minimum atomic E-state index is -0.249. The lowest BCUT2D eigenvalue weighted by atomic mass is 10.2. The van der Waals surface area contributed by atoms with Crippen LogP contribution in [-0.4, -0.2) is 33.6 Å². The second-order valence-electron chi connectivity index (χ2n) is 6.50. The molecule has 2 N–H and O–H groups in total. The Kier molecular flexibility index (Phi) is 5.23. The van der Waals surface area contributed by atoms with E-state index in [1.807, 2.05) is 25.1 Å². The molecule has 0 aliphatic carbocycles. The molecule has 0 bridgehead atoms. The summed E-state index contributed by atoms with van der Waals surface area (Å²) in [6, 6.07) is 10.4. The predicted molar refractivity (Wildman–Crippen MR) is 113 cm³/mol. The number of rotatable bonds is 3.